The molecule has 2 heterocycles. The summed E-state index contributed by atoms with van der Waals surface area (Å²) in [6.45, 7) is 4.18. The summed E-state index contributed by atoms with van der Waals surface area (Å²) in [5.41, 5.74) is 3.97. The molecule has 0 atom stereocenters. The lowest BCUT2D eigenvalue weighted by atomic mass is 9.88. The number of carbonyl (C=O) groups excluding carboxylic acids is 3. The number of rotatable bonds is 8. The average Bonchev–Trinajstić information content (AvgIpc) is 3.66. The lowest BCUT2D eigenvalue weighted by Gasteiger charge is -2.15. The van der Waals surface area contributed by atoms with E-state index in [2.05, 4.69) is 0 Å². The molecule has 0 amide bonds. The summed E-state index contributed by atoms with van der Waals surface area (Å²) >= 11 is 0. The third kappa shape index (κ3) is 6.47. The van der Waals surface area contributed by atoms with Crippen LogP contribution >= 0.6 is 0 Å². The topological polar surface area (TPSA) is 96.0 Å². The SMILES string of the molecule is CCOC(=O)c1ccc(-c2ccc(C=C3CCCC(=Cc4ccc(-c5ccc(C(=O)OCC)cc5)o4)C3=O)o2)cc1. The van der Waals surface area contributed by atoms with Crippen molar-refractivity contribution in [2.24, 2.45) is 0 Å². The van der Waals surface area contributed by atoms with E-state index in [1.807, 2.05) is 24.3 Å². The van der Waals surface area contributed by atoms with Gasteiger partial charge in [0.2, 0.25) is 0 Å². The molecule has 5 rings (SSSR count). The molecule has 1 fully saturated rings. The van der Waals surface area contributed by atoms with Gasteiger partial charge >= 0.3 is 11.9 Å². The number of Topliss-reactive ketones (excluding diaryl/α,β-unsaturated/α-hetero) is 1. The van der Waals surface area contributed by atoms with Crippen LogP contribution in [0, 0.1) is 0 Å². The van der Waals surface area contributed by atoms with Crippen molar-refractivity contribution < 1.29 is 32.7 Å². The largest absolute Gasteiger partial charge is 0.462 e. The first-order valence-corrected chi connectivity index (χ1v) is 13.7. The molecule has 1 aliphatic rings. The molecule has 0 unspecified atom stereocenters. The van der Waals surface area contributed by atoms with Gasteiger partial charge in [-0.15, -0.1) is 0 Å². The first-order valence-electron chi connectivity index (χ1n) is 13.7. The Morgan fingerprint density at radius 3 is 1.46 bits per heavy atom. The molecular weight excluding hydrogens is 520 g/mol. The Hall–Kier alpha value is -4.91. The van der Waals surface area contributed by atoms with Crippen LogP contribution in [0.25, 0.3) is 34.8 Å². The molecule has 7 nitrogen and oxygen atoms in total. The van der Waals surface area contributed by atoms with Crippen LogP contribution in [-0.4, -0.2) is 30.9 Å². The zero-order valence-corrected chi connectivity index (χ0v) is 23.0. The fraction of sp³-hybridized carbons (Fsp3) is 0.206. The first-order chi connectivity index (χ1) is 19.9. The number of hydrogen-bond donors (Lipinski definition) is 0. The van der Waals surface area contributed by atoms with Gasteiger partial charge in [0, 0.05) is 22.3 Å². The highest BCUT2D eigenvalue weighted by Gasteiger charge is 2.22. The van der Waals surface area contributed by atoms with Crippen molar-refractivity contribution in [2.45, 2.75) is 33.1 Å². The van der Waals surface area contributed by atoms with Crippen molar-refractivity contribution >= 4 is 29.9 Å². The van der Waals surface area contributed by atoms with Gasteiger partial charge in [-0.2, -0.15) is 0 Å². The van der Waals surface area contributed by atoms with Gasteiger partial charge in [0.05, 0.1) is 24.3 Å². The zero-order valence-electron chi connectivity index (χ0n) is 23.0. The van der Waals surface area contributed by atoms with Crippen LogP contribution < -0.4 is 0 Å². The number of furan rings is 2. The highest BCUT2D eigenvalue weighted by molar-refractivity contribution is 6.13. The highest BCUT2D eigenvalue weighted by atomic mass is 16.5. The van der Waals surface area contributed by atoms with E-state index in [1.165, 1.54) is 0 Å². The fourth-order valence-corrected chi connectivity index (χ4v) is 4.66. The molecule has 0 N–H and O–H groups in total. The van der Waals surface area contributed by atoms with Gasteiger partial charge in [0.1, 0.15) is 23.0 Å². The molecule has 0 bridgehead atoms. The summed E-state index contributed by atoms with van der Waals surface area (Å²) in [6, 6.07) is 21.4. The summed E-state index contributed by atoms with van der Waals surface area (Å²) in [6.07, 6.45) is 5.76. The van der Waals surface area contributed by atoms with Crippen LogP contribution in [0.1, 0.15) is 65.3 Å². The van der Waals surface area contributed by atoms with Crippen LogP contribution in [-0.2, 0) is 14.3 Å². The molecule has 0 spiro atoms. The molecule has 208 valence electrons. The summed E-state index contributed by atoms with van der Waals surface area (Å²) in [4.78, 5) is 37.1. The van der Waals surface area contributed by atoms with E-state index in [4.69, 9.17) is 18.3 Å². The van der Waals surface area contributed by atoms with Gasteiger partial charge < -0.3 is 18.3 Å². The van der Waals surface area contributed by atoms with Gasteiger partial charge in [-0.3, -0.25) is 4.79 Å². The summed E-state index contributed by atoms with van der Waals surface area (Å²) in [7, 11) is 0. The Balaban J connectivity index is 1.28. The van der Waals surface area contributed by atoms with Crippen molar-refractivity contribution in [1.82, 2.24) is 0 Å². The normalized spacial score (nSPS) is 15.3. The lowest BCUT2D eigenvalue weighted by Crippen LogP contribution is -2.12. The summed E-state index contributed by atoms with van der Waals surface area (Å²) in [5.74, 6) is 1.72. The number of esters is 2. The molecule has 41 heavy (non-hydrogen) atoms. The molecule has 0 aliphatic heterocycles. The van der Waals surface area contributed by atoms with E-state index >= 15 is 0 Å². The number of ether oxygens (including phenoxy) is 2. The third-order valence-corrected chi connectivity index (χ3v) is 6.72. The van der Waals surface area contributed by atoms with E-state index in [0.717, 1.165) is 17.5 Å². The maximum Gasteiger partial charge on any atom is 0.338 e. The van der Waals surface area contributed by atoms with Gasteiger partial charge in [-0.05, 0) is 93.8 Å². The van der Waals surface area contributed by atoms with Crippen molar-refractivity contribution in [3.63, 3.8) is 0 Å². The Labute approximate surface area is 238 Å². The van der Waals surface area contributed by atoms with Gasteiger partial charge in [0.25, 0.3) is 0 Å². The molecule has 2 aromatic heterocycles. The van der Waals surface area contributed by atoms with Crippen LogP contribution in [0.3, 0.4) is 0 Å². The van der Waals surface area contributed by atoms with E-state index in [9.17, 15) is 14.4 Å². The Kier molecular flexibility index (Phi) is 8.44. The van der Waals surface area contributed by atoms with Crippen LogP contribution in [0.15, 0.2) is 92.8 Å². The van der Waals surface area contributed by atoms with Crippen LogP contribution in [0.5, 0.6) is 0 Å². The monoisotopic (exact) mass is 550 g/mol. The number of carbonyl (C=O) groups is 3. The number of ketones is 1. The second kappa shape index (κ2) is 12.5. The molecular formula is C34H30O7. The Morgan fingerprint density at radius 1 is 0.659 bits per heavy atom. The molecule has 1 saturated carbocycles. The van der Waals surface area contributed by atoms with Crippen molar-refractivity contribution in [3.8, 4) is 22.6 Å². The maximum absolute atomic E-state index is 13.3. The lowest BCUT2D eigenvalue weighted by molar-refractivity contribution is -0.112. The molecule has 1 aliphatic carbocycles. The number of benzene rings is 2. The average molecular weight is 551 g/mol. The molecule has 7 heteroatoms. The minimum absolute atomic E-state index is 0.0234. The van der Waals surface area contributed by atoms with Gasteiger partial charge in [-0.1, -0.05) is 24.3 Å². The second-order valence-corrected chi connectivity index (χ2v) is 9.52. The van der Waals surface area contributed by atoms with Gasteiger partial charge in [-0.25, -0.2) is 9.59 Å². The third-order valence-electron chi connectivity index (χ3n) is 6.72. The zero-order chi connectivity index (χ0) is 28.8. The highest BCUT2D eigenvalue weighted by Crippen LogP contribution is 2.31. The van der Waals surface area contributed by atoms with E-state index < -0.39 is 0 Å². The molecule has 0 saturated heterocycles. The molecule has 0 radical (unpaired) electrons. The van der Waals surface area contributed by atoms with E-state index in [0.29, 0.717) is 71.4 Å². The number of hydrogen-bond acceptors (Lipinski definition) is 7. The van der Waals surface area contributed by atoms with E-state index in [-0.39, 0.29) is 17.7 Å². The predicted octanol–water partition coefficient (Wildman–Crippen LogP) is 7.78. The Morgan fingerprint density at radius 2 is 1.07 bits per heavy atom. The van der Waals surface area contributed by atoms with Crippen molar-refractivity contribution in [1.29, 1.82) is 0 Å². The van der Waals surface area contributed by atoms with Crippen molar-refractivity contribution in [2.75, 3.05) is 13.2 Å². The maximum atomic E-state index is 13.3. The number of allylic oxidation sites excluding steroid dienone is 2. The minimum Gasteiger partial charge on any atom is -0.462 e. The van der Waals surface area contributed by atoms with Gasteiger partial charge in [0.15, 0.2) is 5.78 Å². The second-order valence-electron chi connectivity index (χ2n) is 9.52. The van der Waals surface area contributed by atoms with E-state index in [1.54, 1.807) is 74.5 Å². The summed E-state index contributed by atoms with van der Waals surface area (Å²) < 4.78 is 22.1. The smallest absolute Gasteiger partial charge is 0.338 e. The first kappa shape index (κ1) is 27.6. The Bertz CT molecular complexity index is 1490. The standard InChI is InChI=1S/C34H30O7/c1-3-38-33(36)24-12-8-22(9-13-24)30-18-16-28(40-30)20-26-6-5-7-27(32(26)35)21-29-17-19-31(41-29)23-10-14-25(15-11-23)34(37)39-4-2/h8-21H,3-7H2,1-2H3. The predicted molar refractivity (Wildman–Crippen MR) is 155 cm³/mol. The summed E-state index contributed by atoms with van der Waals surface area (Å²) in [5, 5.41) is 0. The molecule has 4 aromatic rings. The van der Waals surface area contributed by atoms with Crippen LogP contribution in [0.2, 0.25) is 0 Å². The minimum atomic E-state index is -0.362. The fourth-order valence-electron chi connectivity index (χ4n) is 4.66. The van der Waals surface area contributed by atoms with Crippen molar-refractivity contribution in [3.05, 3.63) is 107 Å². The molecule has 2 aromatic carbocycles. The van der Waals surface area contributed by atoms with Crippen LogP contribution in [0.4, 0.5) is 0 Å². The quantitative estimate of drug-likeness (QED) is 0.163.